The van der Waals surface area contributed by atoms with Crippen LogP contribution < -0.4 is 0 Å². The van der Waals surface area contributed by atoms with E-state index in [9.17, 15) is 9.59 Å². The smallest absolute Gasteiger partial charge is 0.303 e. The number of hydrogen-bond donors (Lipinski definition) is 2. The van der Waals surface area contributed by atoms with E-state index in [-0.39, 0.29) is 24.9 Å². The molecule has 0 saturated carbocycles. The van der Waals surface area contributed by atoms with Crippen LogP contribution in [0.2, 0.25) is 0 Å². The van der Waals surface area contributed by atoms with Gasteiger partial charge in [-0.25, -0.2) is 0 Å². The van der Waals surface area contributed by atoms with Gasteiger partial charge in [0.05, 0.1) is 6.61 Å². The molecule has 0 spiro atoms. The molecule has 6 nitrogen and oxygen atoms in total. The SMILES string of the molecule is CC(CC(=O)O)CC(=O)N1CCN(CCO)CC1. The Morgan fingerprint density at radius 1 is 1.17 bits per heavy atom. The average Bonchev–Trinajstić information content (AvgIpc) is 2.29. The molecule has 1 fully saturated rings. The first-order valence-corrected chi connectivity index (χ1v) is 6.35. The van der Waals surface area contributed by atoms with Gasteiger partial charge in [-0.2, -0.15) is 0 Å². The van der Waals surface area contributed by atoms with Gasteiger partial charge in [0.2, 0.25) is 5.91 Å². The summed E-state index contributed by atoms with van der Waals surface area (Å²) in [6.45, 7) is 5.46. The van der Waals surface area contributed by atoms with E-state index >= 15 is 0 Å². The number of carboxylic acid groups (broad SMARTS) is 1. The van der Waals surface area contributed by atoms with Gasteiger partial charge < -0.3 is 15.1 Å². The molecule has 1 aliphatic heterocycles. The quantitative estimate of drug-likeness (QED) is 0.679. The van der Waals surface area contributed by atoms with Crippen molar-refractivity contribution in [2.24, 2.45) is 5.92 Å². The molecule has 0 radical (unpaired) electrons. The highest BCUT2D eigenvalue weighted by Gasteiger charge is 2.22. The number of piperazine rings is 1. The zero-order valence-corrected chi connectivity index (χ0v) is 10.8. The number of aliphatic carboxylic acids is 1. The number of carbonyl (C=O) groups is 2. The third-order valence-corrected chi connectivity index (χ3v) is 3.19. The van der Waals surface area contributed by atoms with Crippen LogP contribution in [0.3, 0.4) is 0 Å². The average molecular weight is 258 g/mol. The van der Waals surface area contributed by atoms with Gasteiger partial charge >= 0.3 is 5.97 Å². The Morgan fingerprint density at radius 2 is 1.78 bits per heavy atom. The van der Waals surface area contributed by atoms with E-state index in [1.165, 1.54) is 0 Å². The lowest BCUT2D eigenvalue weighted by molar-refractivity contribution is -0.139. The molecule has 1 rings (SSSR count). The van der Waals surface area contributed by atoms with Crippen LogP contribution in [0.15, 0.2) is 0 Å². The lowest BCUT2D eigenvalue weighted by Crippen LogP contribution is -2.49. The monoisotopic (exact) mass is 258 g/mol. The maximum atomic E-state index is 11.9. The number of hydrogen-bond acceptors (Lipinski definition) is 4. The first kappa shape index (κ1) is 14.9. The number of aliphatic hydroxyl groups is 1. The third-order valence-electron chi connectivity index (χ3n) is 3.19. The van der Waals surface area contributed by atoms with Crippen molar-refractivity contribution in [3.8, 4) is 0 Å². The van der Waals surface area contributed by atoms with Crippen LogP contribution in [0, 0.1) is 5.92 Å². The number of carboxylic acids is 1. The van der Waals surface area contributed by atoms with Crippen molar-refractivity contribution < 1.29 is 19.8 Å². The maximum Gasteiger partial charge on any atom is 0.303 e. The molecule has 1 aliphatic rings. The summed E-state index contributed by atoms with van der Waals surface area (Å²) < 4.78 is 0. The van der Waals surface area contributed by atoms with Crippen molar-refractivity contribution in [2.75, 3.05) is 39.3 Å². The Morgan fingerprint density at radius 3 is 2.28 bits per heavy atom. The first-order chi connectivity index (χ1) is 8.52. The van der Waals surface area contributed by atoms with E-state index in [0.29, 0.717) is 26.1 Å². The lowest BCUT2D eigenvalue weighted by atomic mass is 10.0. The van der Waals surface area contributed by atoms with Gasteiger partial charge in [0.1, 0.15) is 0 Å². The van der Waals surface area contributed by atoms with E-state index in [0.717, 1.165) is 13.1 Å². The van der Waals surface area contributed by atoms with Gasteiger partial charge in [0.15, 0.2) is 0 Å². The van der Waals surface area contributed by atoms with Gasteiger partial charge in [0, 0.05) is 45.6 Å². The molecule has 0 aromatic carbocycles. The topological polar surface area (TPSA) is 81.1 Å². The Labute approximate surface area is 107 Å². The number of rotatable bonds is 6. The van der Waals surface area contributed by atoms with Crippen molar-refractivity contribution in [3.63, 3.8) is 0 Å². The summed E-state index contributed by atoms with van der Waals surface area (Å²) in [6, 6.07) is 0. The minimum absolute atomic E-state index is 0.0346. The Bertz CT molecular complexity index is 288. The Kier molecular flexibility index (Phi) is 6.07. The molecule has 0 bridgehead atoms. The molecule has 1 amide bonds. The highest BCUT2D eigenvalue weighted by molar-refractivity contribution is 5.77. The van der Waals surface area contributed by atoms with Crippen LogP contribution in [0.25, 0.3) is 0 Å². The van der Waals surface area contributed by atoms with Crippen molar-refractivity contribution in [1.29, 1.82) is 0 Å². The van der Waals surface area contributed by atoms with Crippen LogP contribution in [-0.4, -0.2) is 71.2 Å². The fourth-order valence-electron chi connectivity index (χ4n) is 2.16. The summed E-state index contributed by atoms with van der Waals surface area (Å²) in [5.41, 5.74) is 0. The number of nitrogens with zero attached hydrogens (tertiary/aromatic N) is 2. The predicted octanol–water partition coefficient (Wildman–Crippen LogP) is -0.376. The minimum atomic E-state index is -0.858. The largest absolute Gasteiger partial charge is 0.481 e. The van der Waals surface area contributed by atoms with Crippen LogP contribution in [0.1, 0.15) is 19.8 Å². The number of aliphatic hydroxyl groups excluding tert-OH is 1. The van der Waals surface area contributed by atoms with Gasteiger partial charge in [-0.1, -0.05) is 6.92 Å². The van der Waals surface area contributed by atoms with Crippen molar-refractivity contribution >= 4 is 11.9 Å². The summed E-state index contributed by atoms with van der Waals surface area (Å²) in [6.07, 6.45) is 0.336. The molecule has 0 aliphatic carbocycles. The maximum absolute atomic E-state index is 11.9. The molecular formula is C12H22N2O4. The molecule has 1 unspecified atom stereocenters. The van der Waals surface area contributed by atoms with Crippen LogP contribution in [0.5, 0.6) is 0 Å². The second-order valence-electron chi connectivity index (χ2n) is 4.85. The zero-order chi connectivity index (χ0) is 13.5. The predicted molar refractivity (Wildman–Crippen MR) is 66.1 cm³/mol. The summed E-state index contributed by atoms with van der Waals surface area (Å²) in [7, 11) is 0. The Balaban J connectivity index is 2.29. The normalized spacial score (nSPS) is 18.7. The summed E-state index contributed by atoms with van der Waals surface area (Å²) >= 11 is 0. The fourth-order valence-corrected chi connectivity index (χ4v) is 2.16. The van der Waals surface area contributed by atoms with Crippen LogP contribution >= 0.6 is 0 Å². The molecule has 1 heterocycles. The van der Waals surface area contributed by atoms with Gasteiger partial charge in [-0.05, 0) is 5.92 Å². The summed E-state index contributed by atoms with van der Waals surface area (Å²) in [5.74, 6) is -0.944. The first-order valence-electron chi connectivity index (χ1n) is 6.35. The van der Waals surface area contributed by atoms with Crippen LogP contribution in [-0.2, 0) is 9.59 Å². The molecule has 2 N–H and O–H groups in total. The van der Waals surface area contributed by atoms with E-state index in [1.807, 2.05) is 0 Å². The van der Waals surface area contributed by atoms with Crippen LogP contribution in [0.4, 0.5) is 0 Å². The molecule has 6 heteroatoms. The molecule has 104 valence electrons. The summed E-state index contributed by atoms with van der Waals surface area (Å²) in [5, 5.41) is 17.5. The standard InChI is InChI=1S/C12H22N2O4/c1-10(9-12(17)18)8-11(16)14-4-2-13(3-5-14)6-7-15/h10,15H,2-9H2,1H3,(H,17,18). The summed E-state index contributed by atoms with van der Waals surface area (Å²) in [4.78, 5) is 26.3. The highest BCUT2D eigenvalue weighted by atomic mass is 16.4. The fraction of sp³-hybridized carbons (Fsp3) is 0.833. The van der Waals surface area contributed by atoms with Gasteiger partial charge in [-0.15, -0.1) is 0 Å². The number of amides is 1. The van der Waals surface area contributed by atoms with E-state index in [4.69, 9.17) is 10.2 Å². The van der Waals surface area contributed by atoms with Crippen molar-refractivity contribution in [2.45, 2.75) is 19.8 Å². The third kappa shape index (κ3) is 5.01. The second kappa shape index (κ2) is 7.33. The molecule has 1 saturated heterocycles. The lowest BCUT2D eigenvalue weighted by Gasteiger charge is -2.34. The number of carbonyl (C=O) groups excluding carboxylic acids is 1. The minimum Gasteiger partial charge on any atom is -0.481 e. The van der Waals surface area contributed by atoms with E-state index < -0.39 is 5.97 Å². The molecule has 18 heavy (non-hydrogen) atoms. The zero-order valence-electron chi connectivity index (χ0n) is 10.8. The van der Waals surface area contributed by atoms with E-state index in [2.05, 4.69) is 4.90 Å². The van der Waals surface area contributed by atoms with Crippen molar-refractivity contribution in [3.05, 3.63) is 0 Å². The Hall–Kier alpha value is -1.14. The van der Waals surface area contributed by atoms with Gasteiger partial charge in [0.25, 0.3) is 0 Å². The molecule has 0 aromatic rings. The van der Waals surface area contributed by atoms with E-state index in [1.54, 1.807) is 11.8 Å². The van der Waals surface area contributed by atoms with Gasteiger partial charge in [-0.3, -0.25) is 14.5 Å². The number of β-amino-alcohol motifs (C(OH)–C–C–N with tert-alkyl or cyclic N) is 1. The second-order valence-corrected chi connectivity index (χ2v) is 4.85. The molecule has 1 atom stereocenters. The van der Waals surface area contributed by atoms with Crippen molar-refractivity contribution in [1.82, 2.24) is 9.80 Å². The molecular weight excluding hydrogens is 236 g/mol. The highest BCUT2D eigenvalue weighted by Crippen LogP contribution is 2.11. The molecule has 0 aromatic heterocycles.